The van der Waals surface area contributed by atoms with E-state index in [0.29, 0.717) is 6.54 Å². The molecule has 0 aliphatic rings. The third kappa shape index (κ3) is 3.71. The van der Waals surface area contributed by atoms with E-state index in [1.165, 1.54) is 0 Å². The van der Waals surface area contributed by atoms with Crippen molar-refractivity contribution in [3.63, 3.8) is 0 Å². The molecule has 15 heavy (non-hydrogen) atoms. The Hall–Kier alpha value is -1.36. The summed E-state index contributed by atoms with van der Waals surface area (Å²) in [4.78, 5) is 11.2. The van der Waals surface area contributed by atoms with Crippen molar-refractivity contribution in [3.8, 4) is 0 Å². The molecule has 1 heterocycles. The van der Waals surface area contributed by atoms with E-state index in [1.54, 1.807) is 4.68 Å². The summed E-state index contributed by atoms with van der Waals surface area (Å²) in [7, 11) is 0. The summed E-state index contributed by atoms with van der Waals surface area (Å²) in [6.45, 7) is 6.33. The molecular weight excluding hydrogens is 192 g/mol. The zero-order chi connectivity index (χ0) is 11.4. The second-order valence-electron chi connectivity index (χ2n) is 3.96. The molecule has 5 nitrogen and oxygen atoms in total. The van der Waals surface area contributed by atoms with Crippen molar-refractivity contribution in [2.24, 2.45) is 5.73 Å². The maximum atomic E-state index is 11.2. The number of aromatic nitrogens is 2. The lowest BCUT2D eigenvalue weighted by Gasteiger charge is -2.17. The van der Waals surface area contributed by atoms with Gasteiger partial charge in [-0.1, -0.05) is 13.8 Å². The zero-order valence-corrected chi connectivity index (χ0v) is 9.40. The van der Waals surface area contributed by atoms with Gasteiger partial charge in [0.05, 0.1) is 12.2 Å². The van der Waals surface area contributed by atoms with Crippen molar-refractivity contribution < 1.29 is 4.79 Å². The number of aryl methyl sites for hydroxylation is 1. The molecule has 0 saturated heterocycles. The molecule has 1 aromatic heterocycles. The van der Waals surface area contributed by atoms with E-state index in [0.717, 1.165) is 5.69 Å². The number of nitrogens with zero attached hydrogens (tertiary/aromatic N) is 2. The van der Waals surface area contributed by atoms with Crippen LogP contribution in [-0.4, -0.2) is 27.8 Å². The summed E-state index contributed by atoms with van der Waals surface area (Å²) in [5, 5.41) is 7.31. The number of carbonyl (C=O) groups is 1. The predicted octanol–water partition coefficient (Wildman–Crippen LogP) is 0.0434. The van der Waals surface area contributed by atoms with Gasteiger partial charge >= 0.3 is 0 Å². The molecule has 1 amide bonds. The first kappa shape index (κ1) is 11.7. The van der Waals surface area contributed by atoms with Gasteiger partial charge in [0.25, 0.3) is 0 Å². The molecule has 84 valence electrons. The van der Waals surface area contributed by atoms with E-state index in [4.69, 9.17) is 5.73 Å². The maximum Gasteiger partial charge on any atom is 0.236 e. The van der Waals surface area contributed by atoms with Crippen LogP contribution in [0.25, 0.3) is 0 Å². The van der Waals surface area contributed by atoms with Crippen LogP contribution in [0.5, 0.6) is 0 Å². The molecule has 0 aliphatic carbocycles. The molecule has 1 rings (SSSR count). The second kappa shape index (κ2) is 4.93. The summed E-state index contributed by atoms with van der Waals surface area (Å²) in [5.41, 5.74) is 6.23. The van der Waals surface area contributed by atoms with E-state index >= 15 is 0 Å². The van der Waals surface area contributed by atoms with E-state index in [-0.39, 0.29) is 18.0 Å². The van der Waals surface area contributed by atoms with Crippen LogP contribution in [0.2, 0.25) is 0 Å². The molecule has 5 heteroatoms. The fourth-order valence-electron chi connectivity index (χ4n) is 1.38. The quantitative estimate of drug-likeness (QED) is 0.721. The fraction of sp³-hybridized carbons (Fsp3) is 0.600. The van der Waals surface area contributed by atoms with Gasteiger partial charge in [-0.05, 0) is 13.0 Å². The van der Waals surface area contributed by atoms with Crippen LogP contribution in [-0.2, 0) is 11.3 Å². The van der Waals surface area contributed by atoms with E-state index in [2.05, 4.69) is 10.4 Å². The van der Waals surface area contributed by atoms with Crippen LogP contribution in [0.1, 0.15) is 19.5 Å². The normalized spacial score (nSPS) is 13.1. The van der Waals surface area contributed by atoms with Gasteiger partial charge in [0.2, 0.25) is 5.91 Å². The van der Waals surface area contributed by atoms with Crippen molar-refractivity contribution in [3.05, 3.63) is 18.0 Å². The lowest BCUT2D eigenvalue weighted by atomic mass is 10.2. The maximum absolute atomic E-state index is 11.2. The van der Waals surface area contributed by atoms with Gasteiger partial charge in [-0.15, -0.1) is 0 Å². The van der Waals surface area contributed by atoms with Crippen molar-refractivity contribution in [1.82, 2.24) is 15.1 Å². The van der Waals surface area contributed by atoms with Crippen LogP contribution in [0.4, 0.5) is 0 Å². The molecule has 0 aromatic carbocycles. The molecule has 3 N–H and O–H groups in total. The summed E-state index contributed by atoms with van der Waals surface area (Å²) in [6, 6.07) is 1.75. The number of rotatable bonds is 5. The van der Waals surface area contributed by atoms with Crippen molar-refractivity contribution in [2.75, 3.05) is 0 Å². The first-order valence-electron chi connectivity index (χ1n) is 5.04. The van der Waals surface area contributed by atoms with E-state index < -0.39 is 0 Å². The Balaban J connectivity index is 2.62. The summed E-state index contributed by atoms with van der Waals surface area (Å²) in [5.74, 6) is -0.350. The molecule has 0 bridgehead atoms. The number of hydrogen-bond donors (Lipinski definition) is 2. The Morgan fingerprint density at radius 3 is 2.73 bits per heavy atom. The molecule has 1 unspecified atom stereocenters. The number of nitrogens with one attached hydrogen (secondary N) is 1. The van der Waals surface area contributed by atoms with Gasteiger partial charge in [-0.2, -0.15) is 5.10 Å². The highest BCUT2D eigenvalue weighted by atomic mass is 16.1. The Morgan fingerprint density at radius 2 is 2.33 bits per heavy atom. The summed E-state index contributed by atoms with van der Waals surface area (Å²) in [6.07, 6.45) is 1.84. The van der Waals surface area contributed by atoms with Crippen LogP contribution in [0.3, 0.4) is 0 Å². The number of amides is 1. The SMILES string of the molecule is Cc1ccn(CC(NC(C)C)C(N)=O)n1. The predicted molar refractivity (Wildman–Crippen MR) is 58.2 cm³/mol. The Kier molecular flexibility index (Phi) is 3.85. The molecule has 0 saturated carbocycles. The smallest absolute Gasteiger partial charge is 0.236 e. The highest BCUT2D eigenvalue weighted by Crippen LogP contribution is 1.96. The van der Waals surface area contributed by atoms with E-state index in [9.17, 15) is 4.79 Å². The number of carbonyl (C=O) groups excluding carboxylic acids is 1. The van der Waals surface area contributed by atoms with Gasteiger partial charge in [0, 0.05) is 12.2 Å². The summed E-state index contributed by atoms with van der Waals surface area (Å²) < 4.78 is 1.72. The molecular formula is C10H18N4O. The third-order valence-electron chi connectivity index (χ3n) is 2.02. The first-order valence-corrected chi connectivity index (χ1v) is 5.04. The molecule has 0 radical (unpaired) electrons. The van der Waals surface area contributed by atoms with Crippen molar-refractivity contribution in [2.45, 2.75) is 39.4 Å². The fourth-order valence-corrected chi connectivity index (χ4v) is 1.38. The van der Waals surface area contributed by atoms with Crippen molar-refractivity contribution >= 4 is 5.91 Å². The Bertz CT molecular complexity index is 332. The Morgan fingerprint density at radius 1 is 1.67 bits per heavy atom. The number of hydrogen-bond acceptors (Lipinski definition) is 3. The minimum atomic E-state index is -0.371. The van der Waals surface area contributed by atoms with Crippen LogP contribution < -0.4 is 11.1 Å². The molecule has 1 atom stereocenters. The third-order valence-corrected chi connectivity index (χ3v) is 2.02. The second-order valence-corrected chi connectivity index (χ2v) is 3.96. The van der Waals surface area contributed by atoms with Gasteiger partial charge in [0.1, 0.15) is 6.04 Å². The average molecular weight is 210 g/mol. The lowest BCUT2D eigenvalue weighted by Crippen LogP contribution is -2.47. The standard InChI is InChI=1S/C10H18N4O/c1-7(2)12-9(10(11)15)6-14-5-4-8(3)13-14/h4-5,7,9,12H,6H2,1-3H3,(H2,11,15). The zero-order valence-electron chi connectivity index (χ0n) is 9.40. The lowest BCUT2D eigenvalue weighted by molar-refractivity contribution is -0.120. The van der Waals surface area contributed by atoms with Crippen molar-refractivity contribution in [1.29, 1.82) is 0 Å². The molecule has 0 aliphatic heterocycles. The van der Waals surface area contributed by atoms with Gasteiger partial charge in [0.15, 0.2) is 0 Å². The molecule has 0 spiro atoms. The van der Waals surface area contributed by atoms with Crippen LogP contribution >= 0.6 is 0 Å². The number of primary amides is 1. The highest BCUT2D eigenvalue weighted by molar-refractivity contribution is 5.79. The van der Waals surface area contributed by atoms with Gasteiger partial charge < -0.3 is 11.1 Å². The Labute approximate surface area is 89.6 Å². The minimum Gasteiger partial charge on any atom is -0.368 e. The monoisotopic (exact) mass is 210 g/mol. The first-order chi connectivity index (χ1) is 6.99. The van der Waals surface area contributed by atoms with Crippen LogP contribution in [0, 0.1) is 6.92 Å². The topological polar surface area (TPSA) is 72.9 Å². The van der Waals surface area contributed by atoms with Crippen LogP contribution in [0.15, 0.2) is 12.3 Å². The average Bonchev–Trinajstić information content (AvgIpc) is 2.49. The van der Waals surface area contributed by atoms with Gasteiger partial charge in [-0.25, -0.2) is 0 Å². The largest absolute Gasteiger partial charge is 0.368 e. The van der Waals surface area contributed by atoms with E-state index in [1.807, 2.05) is 33.0 Å². The molecule has 0 fully saturated rings. The molecule has 1 aromatic rings. The number of nitrogens with two attached hydrogens (primary N) is 1. The summed E-state index contributed by atoms with van der Waals surface area (Å²) >= 11 is 0. The highest BCUT2D eigenvalue weighted by Gasteiger charge is 2.16. The van der Waals surface area contributed by atoms with Gasteiger partial charge in [-0.3, -0.25) is 9.48 Å². The minimum absolute atomic E-state index is 0.221.